The fourth-order valence-electron chi connectivity index (χ4n) is 4.16. The number of morpholine rings is 1. The number of rotatable bonds is 10. The van der Waals surface area contributed by atoms with E-state index in [0.717, 1.165) is 67.2 Å². The molecule has 1 saturated heterocycles. The highest BCUT2D eigenvalue weighted by Gasteiger charge is 2.14. The van der Waals surface area contributed by atoms with Crippen LogP contribution in [0.25, 0.3) is 0 Å². The van der Waals surface area contributed by atoms with E-state index >= 15 is 0 Å². The molecule has 0 radical (unpaired) electrons. The van der Waals surface area contributed by atoms with Gasteiger partial charge in [0, 0.05) is 62.3 Å². The molecule has 1 fully saturated rings. The zero-order valence-electron chi connectivity index (χ0n) is 21.4. The van der Waals surface area contributed by atoms with Crippen molar-refractivity contribution in [2.45, 2.75) is 31.3 Å². The van der Waals surface area contributed by atoms with Crippen LogP contribution in [0.2, 0.25) is 0 Å². The molecule has 4 rings (SSSR count). The number of hydrogen-bond acceptors (Lipinski definition) is 7. The van der Waals surface area contributed by atoms with Crippen molar-refractivity contribution in [2.24, 2.45) is 0 Å². The van der Waals surface area contributed by atoms with E-state index in [1.165, 1.54) is 5.56 Å². The molecule has 1 amide bonds. The number of carbonyl (C=O) groups is 1. The maximum Gasteiger partial charge on any atom is 0.251 e. The smallest absolute Gasteiger partial charge is 0.251 e. The second-order valence-corrected chi connectivity index (χ2v) is 10.0. The third kappa shape index (κ3) is 7.29. The molecular weight excluding hydrogens is 470 g/mol. The van der Waals surface area contributed by atoms with E-state index in [-0.39, 0.29) is 5.91 Å². The summed E-state index contributed by atoms with van der Waals surface area (Å²) in [4.78, 5) is 26.7. The number of aryl methyl sites for hydroxylation is 1. The molecule has 0 saturated carbocycles. The summed E-state index contributed by atoms with van der Waals surface area (Å²) in [6.45, 7) is 9.74. The number of carbonyl (C=O) groups excluding carboxylic acids is 1. The number of anilines is 1. The van der Waals surface area contributed by atoms with Crippen molar-refractivity contribution in [2.75, 3.05) is 51.3 Å². The molecule has 1 N–H and O–H groups in total. The van der Waals surface area contributed by atoms with Gasteiger partial charge in [0.15, 0.2) is 5.16 Å². The normalized spacial score (nSPS) is 14.0. The van der Waals surface area contributed by atoms with Crippen LogP contribution >= 0.6 is 11.8 Å². The molecule has 3 aromatic rings. The molecule has 36 heavy (non-hydrogen) atoms. The van der Waals surface area contributed by atoms with Crippen LogP contribution in [0.5, 0.6) is 0 Å². The van der Waals surface area contributed by atoms with Crippen LogP contribution in [0.15, 0.2) is 59.8 Å². The average Bonchev–Trinajstić information content (AvgIpc) is 2.90. The van der Waals surface area contributed by atoms with Crippen LogP contribution in [0.3, 0.4) is 0 Å². The molecule has 2 aromatic carbocycles. The molecule has 2 heterocycles. The average molecular weight is 506 g/mol. The fraction of sp³-hybridized carbons (Fsp3) is 0.393. The maximum absolute atomic E-state index is 12.7. The minimum atomic E-state index is -0.0395. The molecule has 0 unspecified atom stereocenters. The number of ether oxygens (including phenoxy) is 1. The van der Waals surface area contributed by atoms with Crippen molar-refractivity contribution in [3.05, 3.63) is 82.5 Å². The Labute approximate surface area is 218 Å². The molecule has 0 aliphatic carbocycles. The van der Waals surface area contributed by atoms with Crippen molar-refractivity contribution in [3.8, 4) is 0 Å². The Morgan fingerprint density at radius 1 is 1.06 bits per heavy atom. The lowest BCUT2D eigenvalue weighted by Gasteiger charge is -2.26. The minimum Gasteiger partial charge on any atom is -0.379 e. The first-order valence-electron chi connectivity index (χ1n) is 12.4. The van der Waals surface area contributed by atoms with Gasteiger partial charge >= 0.3 is 0 Å². The Bertz CT molecular complexity index is 1150. The quantitative estimate of drug-likeness (QED) is 0.329. The van der Waals surface area contributed by atoms with E-state index in [1.54, 1.807) is 11.8 Å². The summed E-state index contributed by atoms with van der Waals surface area (Å²) in [6, 6.07) is 18.2. The molecular formula is C28H35N5O2S. The number of aromatic nitrogens is 2. The van der Waals surface area contributed by atoms with Gasteiger partial charge in [-0.15, -0.1) is 0 Å². The van der Waals surface area contributed by atoms with E-state index in [4.69, 9.17) is 14.7 Å². The van der Waals surface area contributed by atoms with Gasteiger partial charge in [0.1, 0.15) is 5.82 Å². The third-order valence-corrected chi connectivity index (χ3v) is 7.26. The lowest BCUT2D eigenvalue weighted by molar-refractivity contribution is 0.0383. The number of benzene rings is 2. The Morgan fingerprint density at radius 3 is 2.58 bits per heavy atom. The zero-order valence-corrected chi connectivity index (χ0v) is 22.2. The summed E-state index contributed by atoms with van der Waals surface area (Å²) in [7, 11) is 2.07. The summed E-state index contributed by atoms with van der Waals surface area (Å²) in [6.07, 6.45) is 0. The number of nitrogens with one attached hydrogen (secondary N) is 1. The van der Waals surface area contributed by atoms with E-state index < -0.39 is 0 Å². The Hall–Kier alpha value is -2.94. The molecule has 1 aliphatic rings. The zero-order chi connectivity index (χ0) is 25.3. The predicted molar refractivity (Wildman–Crippen MR) is 146 cm³/mol. The SMILES string of the molecule is Cc1nc(SCc2cccc(C(=O)NCCN3CCOCC3)c2)nc(N(C)Cc2ccccc2)c1C. The highest BCUT2D eigenvalue weighted by Crippen LogP contribution is 2.26. The van der Waals surface area contributed by atoms with Gasteiger partial charge in [-0.2, -0.15) is 0 Å². The molecule has 190 valence electrons. The molecule has 0 spiro atoms. The van der Waals surface area contributed by atoms with Gasteiger partial charge in [0.25, 0.3) is 5.91 Å². The third-order valence-electron chi connectivity index (χ3n) is 6.34. The van der Waals surface area contributed by atoms with Crippen LogP contribution in [0.4, 0.5) is 5.82 Å². The maximum atomic E-state index is 12.7. The first-order valence-corrected chi connectivity index (χ1v) is 13.4. The van der Waals surface area contributed by atoms with Gasteiger partial charge in [-0.05, 0) is 37.1 Å². The first kappa shape index (κ1) is 26.1. The standard InChI is InChI=1S/C28H35N5O2S/c1-21-22(2)30-28(31-26(21)32(3)19-23-8-5-4-6-9-23)36-20-24-10-7-11-25(18-24)27(34)29-12-13-33-14-16-35-17-15-33/h4-11,18H,12-17,19-20H2,1-3H3,(H,29,34). The topological polar surface area (TPSA) is 70.6 Å². The van der Waals surface area contributed by atoms with Gasteiger partial charge in [0.05, 0.1) is 13.2 Å². The Morgan fingerprint density at radius 2 is 1.81 bits per heavy atom. The number of thioether (sulfide) groups is 1. The van der Waals surface area contributed by atoms with Crippen LogP contribution in [-0.2, 0) is 17.0 Å². The highest BCUT2D eigenvalue weighted by atomic mass is 32.2. The van der Waals surface area contributed by atoms with Gasteiger partial charge in [-0.25, -0.2) is 9.97 Å². The van der Waals surface area contributed by atoms with Gasteiger partial charge in [0.2, 0.25) is 0 Å². The summed E-state index contributed by atoms with van der Waals surface area (Å²) < 4.78 is 5.38. The Kier molecular flexibility index (Phi) is 9.33. The lowest BCUT2D eigenvalue weighted by Crippen LogP contribution is -2.41. The predicted octanol–water partition coefficient (Wildman–Crippen LogP) is 4.08. The number of nitrogens with zero attached hydrogens (tertiary/aromatic N) is 4. The number of amides is 1. The van der Waals surface area contributed by atoms with Crippen LogP contribution in [0.1, 0.15) is 32.7 Å². The van der Waals surface area contributed by atoms with Crippen LogP contribution < -0.4 is 10.2 Å². The van der Waals surface area contributed by atoms with Crippen molar-refractivity contribution in [1.29, 1.82) is 0 Å². The van der Waals surface area contributed by atoms with Crippen molar-refractivity contribution in [1.82, 2.24) is 20.2 Å². The Balaban J connectivity index is 1.35. The highest BCUT2D eigenvalue weighted by molar-refractivity contribution is 7.98. The largest absolute Gasteiger partial charge is 0.379 e. The molecule has 0 atom stereocenters. The monoisotopic (exact) mass is 505 g/mol. The van der Waals surface area contributed by atoms with E-state index in [0.29, 0.717) is 17.9 Å². The summed E-state index contributed by atoms with van der Waals surface area (Å²) in [5, 5.41) is 3.79. The van der Waals surface area contributed by atoms with E-state index in [2.05, 4.69) is 53.4 Å². The van der Waals surface area contributed by atoms with Gasteiger partial charge in [-0.1, -0.05) is 54.2 Å². The van der Waals surface area contributed by atoms with Crippen molar-refractivity contribution in [3.63, 3.8) is 0 Å². The molecule has 1 aromatic heterocycles. The lowest BCUT2D eigenvalue weighted by atomic mass is 10.1. The second-order valence-electron chi connectivity index (χ2n) is 9.08. The summed E-state index contributed by atoms with van der Waals surface area (Å²) in [5.74, 6) is 1.60. The second kappa shape index (κ2) is 12.9. The number of hydrogen-bond donors (Lipinski definition) is 1. The van der Waals surface area contributed by atoms with Gasteiger partial charge < -0.3 is 15.0 Å². The first-order chi connectivity index (χ1) is 17.5. The van der Waals surface area contributed by atoms with Gasteiger partial charge in [-0.3, -0.25) is 9.69 Å². The van der Waals surface area contributed by atoms with Crippen LogP contribution in [0, 0.1) is 13.8 Å². The van der Waals surface area contributed by atoms with Crippen LogP contribution in [-0.4, -0.2) is 67.2 Å². The fourth-order valence-corrected chi connectivity index (χ4v) is 4.99. The van der Waals surface area contributed by atoms with E-state index in [9.17, 15) is 4.79 Å². The molecule has 1 aliphatic heterocycles. The van der Waals surface area contributed by atoms with E-state index in [1.807, 2.05) is 37.3 Å². The molecule has 7 nitrogen and oxygen atoms in total. The summed E-state index contributed by atoms with van der Waals surface area (Å²) >= 11 is 1.59. The van der Waals surface area contributed by atoms with Crippen molar-refractivity contribution >= 4 is 23.5 Å². The van der Waals surface area contributed by atoms with Crippen molar-refractivity contribution < 1.29 is 9.53 Å². The molecule has 8 heteroatoms. The minimum absolute atomic E-state index is 0.0395. The summed E-state index contributed by atoms with van der Waals surface area (Å²) in [5.41, 5.74) is 5.07. The molecule has 0 bridgehead atoms.